The van der Waals surface area contributed by atoms with Crippen molar-refractivity contribution in [2.24, 2.45) is 0 Å². The second kappa shape index (κ2) is 3.98. The number of anilines is 2. The molecular weight excluding hydrogens is 238 g/mol. The smallest absolute Gasteiger partial charge is 0.224 e. The summed E-state index contributed by atoms with van der Waals surface area (Å²) in [7, 11) is 0. The molecule has 0 aliphatic heterocycles. The number of aromatic amines is 1. The minimum atomic E-state index is 0.199. The van der Waals surface area contributed by atoms with Crippen molar-refractivity contribution in [2.75, 3.05) is 11.1 Å². The largest absolute Gasteiger partial charge is 0.368 e. The SMILES string of the molecule is Nc1nc(NCc2cscn2)c2[nH]cnc2n1. The highest BCUT2D eigenvalue weighted by Gasteiger charge is 2.08. The molecule has 3 aromatic rings. The maximum absolute atomic E-state index is 5.60. The summed E-state index contributed by atoms with van der Waals surface area (Å²) in [6.07, 6.45) is 1.56. The molecule has 0 atom stereocenters. The van der Waals surface area contributed by atoms with Crippen molar-refractivity contribution in [1.29, 1.82) is 0 Å². The Bertz CT molecular complexity index is 630. The molecule has 8 heteroatoms. The number of nitrogen functional groups attached to an aromatic ring is 1. The van der Waals surface area contributed by atoms with Gasteiger partial charge in [-0.3, -0.25) is 0 Å². The molecule has 0 aliphatic carbocycles. The second-order valence-corrected chi connectivity index (χ2v) is 4.08. The fourth-order valence-electron chi connectivity index (χ4n) is 1.48. The van der Waals surface area contributed by atoms with E-state index < -0.39 is 0 Å². The predicted molar refractivity (Wildman–Crippen MR) is 65.5 cm³/mol. The standard InChI is InChI=1S/C9H9N7S/c10-9-15-7(6-8(16-9)13-3-12-6)11-1-5-2-17-4-14-5/h2-4H,1H2,(H4,10,11,12,13,15,16). The van der Waals surface area contributed by atoms with Crippen LogP contribution in [0, 0.1) is 0 Å². The first-order chi connectivity index (χ1) is 8.33. The first-order valence-electron chi connectivity index (χ1n) is 4.90. The minimum Gasteiger partial charge on any atom is -0.368 e. The summed E-state index contributed by atoms with van der Waals surface area (Å²) in [5, 5.41) is 5.13. The lowest BCUT2D eigenvalue weighted by atomic mass is 10.4. The Morgan fingerprint density at radius 1 is 1.35 bits per heavy atom. The van der Waals surface area contributed by atoms with Gasteiger partial charge in [-0.1, -0.05) is 0 Å². The van der Waals surface area contributed by atoms with Gasteiger partial charge in [0.1, 0.15) is 5.52 Å². The number of hydrogen-bond donors (Lipinski definition) is 3. The van der Waals surface area contributed by atoms with Crippen molar-refractivity contribution in [1.82, 2.24) is 24.9 Å². The van der Waals surface area contributed by atoms with Gasteiger partial charge in [-0.15, -0.1) is 11.3 Å². The van der Waals surface area contributed by atoms with Crippen molar-refractivity contribution in [3.63, 3.8) is 0 Å². The molecule has 0 aliphatic rings. The Hall–Kier alpha value is -2.22. The molecule has 0 fully saturated rings. The van der Waals surface area contributed by atoms with Crippen LogP contribution in [0.5, 0.6) is 0 Å². The summed E-state index contributed by atoms with van der Waals surface area (Å²) in [5.74, 6) is 0.836. The van der Waals surface area contributed by atoms with E-state index in [0.29, 0.717) is 18.0 Å². The van der Waals surface area contributed by atoms with Crippen LogP contribution in [0.4, 0.5) is 11.8 Å². The highest BCUT2D eigenvalue weighted by molar-refractivity contribution is 7.07. The zero-order valence-electron chi connectivity index (χ0n) is 8.71. The molecule has 3 heterocycles. The lowest BCUT2D eigenvalue weighted by Gasteiger charge is -2.04. The van der Waals surface area contributed by atoms with Gasteiger partial charge < -0.3 is 16.0 Å². The van der Waals surface area contributed by atoms with Crippen LogP contribution in [0.15, 0.2) is 17.2 Å². The van der Waals surface area contributed by atoms with E-state index in [1.54, 1.807) is 23.2 Å². The van der Waals surface area contributed by atoms with E-state index >= 15 is 0 Å². The molecule has 17 heavy (non-hydrogen) atoms. The van der Waals surface area contributed by atoms with E-state index in [1.807, 2.05) is 5.38 Å². The minimum absolute atomic E-state index is 0.199. The lowest BCUT2D eigenvalue weighted by Crippen LogP contribution is -2.05. The Kier molecular flexibility index (Phi) is 2.33. The third-order valence-corrected chi connectivity index (χ3v) is 2.86. The number of aromatic nitrogens is 5. The summed E-state index contributed by atoms with van der Waals surface area (Å²) in [4.78, 5) is 19.3. The predicted octanol–water partition coefficient (Wildman–Crippen LogP) is 1.00. The number of H-pyrrole nitrogens is 1. The van der Waals surface area contributed by atoms with Crippen LogP contribution in [0.3, 0.4) is 0 Å². The molecule has 3 rings (SSSR count). The monoisotopic (exact) mass is 247 g/mol. The number of nitrogens with one attached hydrogen (secondary N) is 2. The van der Waals surface area contributed by atoms with Crippen LogP contribution in [0.1, 0.15) is 5.69 Å². The van der Waals surface area contributed by atoms with Crippen LogP contribution in [0.25, 0.3) is 11.2 Å². The second-order valence-electron chi connectivity index (χ2n) is 3.36. The Balaban J connectivity index is 1.91. The van der Waals surface area contributed by atoms with Gasteiger partial charge >= 0.3 is 0 Å². The summed E-state index contributed by atoms with van der Waals surface area (Å²) < 4.78 is 0. The molecule has 0 spiro atoms. The van der Waals surface area contributed by atoms with Crippen LogP contribution >= 0.6 is 11.3 Å². The Morgan fingerprint density at radius 3 is 3.12 bits per heavy atom. The summed E-state index contributed by atoms with van der Waals surface area (Å²) in [5.41, 5.74) is 9.65. The number of fused-ring (bicyclic) bond motifs is 1. The quantitative estimate of drug-likeness (QED) is 0.637. The van der Waals surface area contributed by atoms with Crippen molar-refractivity contribution in [3.8, 4) is 0 Å². The van der Waals surface area contributed by atoms with Crippen molar-refractivity contribution in [3.05, 3.63) is 22.9 Å². The average Bonchev–Trinajstić information content (AvgIpc) is 2.95. The maximum atomic E-state index is 5.60. The first-order valence-corrected chi connectivity index (χ1v) is 5.85. The van der Waals surface area contributed by atoms with Gasteiger partial charge in [0.15, 0.2) is 11.5 Å². The third kappa shape index (κ3) is 1.89. The lowest BCUT2D eigenvalue weighted by molar-refractivity contribution is 1.05. The van der Waals surface area contributed by atoms with Gasteiger partial charge in [0.05, 0.1) is 24.1 Å². The van der Waals surface area contributed by atoms with E-state index in [4.69, 9.17) is 5.73 Å². The molecule has 0 radical (unpaired) electrons. The summed E-state index contributed by atoms with van der Waals surface area (Å²) in [6, 6.07) is 0. The van der Waals surface area contributed by atoms with E-state index in [1.165, 1.54) is 0 Å². The zero-order chi connectivity index (χ0) is 11.7. The van der Waals surface area contributed by atoms with Crippen molar-refractivity contribution in [2.45, 2.75) is 6.54 Å². The van der Waals surface area contributed by atoms with E-state index in [2.05, 4.69) is 30.2 Å². The van der Waals surface area contributed by atoms with Crippen LogP contribution < -0.4 is 11.1 Å². The van der Waals surface area contributed by atoms with E-state index in [0.717, 1.165) is 11.2 Å². The molecule has 0 bridgehead atoms. The van der Waals surface area contributed by atoms with E-state index in [9.17, 15) is 0 Å². The maximum Gasteiger partial charge on any atom is 0.224 e. The topological polar surface area (TPSA) is 105 Å². The molecule has 0 aromatic carbocycles. The highest BCUT2D eigenvalue weighted by atomic mass is 32.1. The number of imidazole rings is 1. The van der Waals surface area contributed by atoms with Gasteiger partial charge in [0, 0.05) is 5.38 Å². The molecule has 4 N–H and O–H groups in total. The molecule has 0 unspecified atom stereocenters. The molecular formula is C9H9N7S. The molecule has 0 amide bonds. The van der Waals surface area contributed by atoms with Gasteiger partial charge in [-0.25, -0.2) is 9.97 Å². The molecule has 0 saturated carbocycles. The van der Waals surface area contributed by atoms with Crippen molar-refractivity contribution >= 4 is 34.3 Å². The fourth-order valence-corrected chi connectivity index (χ4v) is 2.04. The Morgan fingerprint density at radius 2 is 2.29 bits per heavy atom. The van der Waals surface area contributed by atoms with Gasteiger partial charge in [-0.05, 0) is 0 Å². The normalized spacial score (nSPS) is 10.8. The van der Waals surface area contributed by atoms with Gasteiger partial charge in [0.25, 0.3) is 0 Å². The number of nitrogens with zero attached hydrogens (tertiary/aromatic N) is 4. The Labute approximate surface area is 100 Å². The summed E-state index contributed by atoms with van der Waals surface area (Å²) in [6.45, 7) is 0.591. The van der Waals surface area contributed by atoms with Crippen LogP contribution in [0.2, 0.25) is 0 Å². The molecule has 0 saturated heterocycles. The number of rotatable bonds is 3. The number of hydrogen-bond acceptors (Lipinski definition) is 7. The van der Waals surface area contributed by atoms with Crippen LogP contribution in [-0.4, -0.2) is 24.9 Å². The highest BCUT2D eigenvalue weighted by Crippen LogP contribution is 2.17. The van der Waals surface area contributed by atoms with Crippen LogP contribution in [-0.2, 0) is 6.54 Å². The van der Waals surface area contributed by atoms with Gasteiger partial charge in [0.2, 0.25) is 5.95 Å². The van der Waals surface area contributed by atoms with Gasteiger partial charge in [-0.2, -0.15) is 9.97 Å². The fraction of sp³-hybridized carbons (Fsp3) is 0.111. The third-order valence-electron chi connectivity index (χ3n) is 2.22. The summed E-state index contributed by atoms with van der Waals surface area (Å²) >= 11 is 1.55. The molecule has 7 nitrogen and oxygen atoms in total. The molecule has 86 valence electrons. The average molecular weight is 247 g/mol. The number of nitrogens with two attached hydrogens (primary N) is 1. The number of thiazole rings is 1. The first kappa shape index (κ1) is 9.97. The molecule has 3 aromatic heterocycles. The van der Waals surface area contributed by atoms with E-state index in [-0.39, 0.29) is 5.95 Å². The van der Waals surface area contributed by atoms with Crippen molar-refractivity contribution < 1.29 is 0 Å². The zero-order valence-corrected chi connectivity index (χ0v) is 9.53.